The Bertz CT molecular complexity index is 294. The Morgan fingerprint density at radius 2 is 1.19 bits per heavy atom. The zero-order valence-corrected chi connectivity index (χ0v) is 17.2. The topological polar surface area (TPSA) is 66.8 Å². The third kappa shape index (κ3) is 21.4. The molecule has 0 aromatic rings. The van der Waals surface area contributed by atoms with Gasteiger partial charge in [-0.05, 0) is 6.42 Å². The van der Waals surface area contributed by atoms with Crippen molar-refractivity contribution in [1.82, 2.24) is 0 Å². The van der Waals surface area contributed by atoms with Gasteiger partial charge in [0, 0.05) is 0 Å². The van der Waals surface area contributed by atoms with E-state index in [4.69, 9.17) is 9.84 Å². The van der Waals surface area contributed by atoms with Crippen LogP contribution in [-0.2, 0) is 9.53 Å². The molecule has 0 aliphatic carbocycles. The lowest BCUT2D eigenvalue weighted by molar-refractivity contribution is -0.138. The monoisotopic (exact) mass is 372 g/mol. The third-order valence-electron chi connectivity index (χ3n) is 4.91. The summed E-state index contributed by atoms with van der Waals surface area (Å²) in [5.74, 6) is -0.859. The van der Waals surface area contributed by atoms with Crippen molar-refractivity contribution in [3.8, 4) is 0 Å². The Morgan fingerprint density at radius 1 is 0.769 bits per heavy atom. The number of aliphatic hydroxyl groups excluding tert-OH is 1. The summed E-state index contributed by atoms with van der Waals surface area (Å²) in [5, 5.41) is 18.2. The zero-order valence-electron chi connectivity index (χ0n) is 17.2. The van der Waals surface area contributed by atoms with E-state index in [1.807, 2.05) is 0 Å². The maximum absolute atomic E-state index is 10.3. The van der Waals surface area contributed by atoms with Crippen LogP contribution in [0.25, 0.3) is 0 Å². The molecule has 0 fully saturated rings. The first kappa shape index (κ1) is 25.4. The quantitative estimate of drug-likeness (QED) is 0.239. The summed E-state index contributed by atoms with van der Waals surface area (Å²) in [7, 11) is 0. The van der Waals surface area contributed by atoms with Gasteiger partial charge in [-0.2, -0.15) is 0 Å². The molecule has 2 N–H and O–H groups in total. The second kappa shape index (κ2) is 20.7. The Hall–Kier alpha value is -0.610. The van der Waals surface area contributed by atoms with Crippen LogP contribution in [0.2, 0.25) is 0 Å². The minimum Gasteiger partial charge on any atom is -0.481 e. The molecular formula is C22H44O4. The molecule has 156 valence electrons. The van der Waals surface area contributed by atoms with E-state index < -0.39 is 12.1 Å². The maximum atomic E-state index is 10.3. The lowest BCUT2D eigenvalue weighted by atomic mass is 10.0. The average molecular weight is 373 g/mol. The van der Waals surface area contributed by atoms with Crippen LogP contribution < -0.4 is 0 Å². The number of hydrogen-bond acceptors (Lipinski definition) is 3. The van der Waals surface area contributed by atoms with Gasteiger partial charge in [-0.15, -0.1) is 0 Å². The molecule has 0 rings (SSSR count). The Morgan fingerprint density at radius 3 is 1.62 bits per heavy atom. The SMILES string of the molecule is CCCCCCCCCCCCCCCCCC(O)COCCC(=O)O. The molecule has 0 bridgehead atoms. The van der Waals surface area contributed by atoms with E-state index in [2.05, 4.69) is 6.92 Å². The predicted molar refractivity (Wildman–Crippen MR) is 109 cm³/mol. The first-order valence-electron chi connectivity index (χ1n) is 11.1. The van der Waals surface area contributed by atoms with E-state index in [0.717, 1.165) is 12.8 Å². The lowest BCUT2D eigenvalue weighted by Crippen LogP contribution is -2.16. The van der Waals surface area contributed by atoms with Crippen molar-refractivity contribution in [3.05, 3.63) is 0 Å². The van der Waals surface area contributed by atoms with Crippen LogP contribution in [-0.4, -0.2) is 35.5 Å². The summed E-state index contributed by atoms with van der Waals surface area (Å²) in [4.78, 5) is 10.3. The van der Waals surface area contributed by atoms with Crippen LogP contribution in [0.5, 0.6) is 0 Å². The highest BCUT2D eigenvalue weighted by atomic mass is 16.5. The fraction of sp³-hybridized carbons (Fsp3) is 0.955. The number of aliphatic hydroxyl groups is 1. The van der Waals surface area contributed by atoms with Crippen molar-refractivity contribution in [2.45, 2.75) is 122 Å². The molecule has 1 unspecified atom stereocenters. The van der Waals surface area contributed by atoms with Crippen molar-refractivity contribution >= 4 is 5.97 Å². The zero-order chi connectivity index (χ0) is 19.3. The van der Waals surface area contributed by atoms with Crippen LogP contribution in [0.3, 0.4) is 0 Å². The standard InChI is InChI=1S/C22H44O4/c1-2-3-4-5-6-7-8-9-10-11-12-13-14-15-16-17-21(23)20-26-19-18-22(24)25/h21,23H,2-20H2,1H3,(H,24,25). The molecule has 0 heterocycles. The van der Waals surface area contributed by atoms with Crippen LogP contribution in [0.4, 0.5) is 0 Å². The minimum atomic E-state index is -0.859. The highest BCUT2D eigenvalue weighted by molar-refractivity contribution is 5.66. The van der Waals surface area contributed by atoms with Crippen molar-refractivity contribution in [2.24, 2.45) is 0 Å². The Kier molecular flexibility index (Phi) is 20.2. The average Bonchev–Trinajstić information content (AvgIpc) is 2.62. The smallest absolute Gasteiger partial charge is 0.305 e. The van der Waals surface area contributed by atoms with Crippen LogP contribution in [0.1, 0.15) is 116 Å². The number of hydrogen-bond donors (Lipinski definition) is 2. The Labute approximate surface area is 161 Å². The van der Waals surface area contributed by atoms with Gasteiger partial charge >= 0.3 is 5.97 Å². The molecule has 0 saturated carbocycles. The van der Waals surface area contributed by atoms with E-state index >= 15 is 0 Å². The maximum Gasteiger partial charge on any atom is 0.305 e. The summed E-state index contributed by atoms with van der Waals surface area (Å²) in [6.45, 7) is 2.71. The van der Waals surface area contributed by atoms with Crippen molar-refractivity contribution in [3.63, 3.8) is 0 Å². The van der Waals surface area contributed by atoms with E-state index in [0.29, 0.717) is 0 Å². The van der Waals surface area contributed by atoms with E-state index in [-0.39, 0.29) is 19.6 Å². The van der Waals surface area contributed by atoms with Crippen molar-refractivity contribution in [2.75, 3.05) is 13.2 Å². The fourth-order valence-electron chi connectivity index (χ4n) is 3.21. The number of aliphatic carboxylic acids is 1. The highest BCUT2D eigenvalue weighted by Gasteiger charge is 2.05. The van der Waals surface area contributed by atoms with Gasteiger partial charge in [-0.25, -0.2) is 0 Å². The molecule has 1 atom stereocenters. The molecule has 0 radical (unpaired) electrons. The minimum absolute atomic E-state index is 0.00563. The van der Waals surface area contributed by atoms with Crippen molar-refractivity contribution < 1.29 is 19.7 Å². The van der Waals surface area contributed by atoms with Gasteiger partial charge in [0.25, 0.3) is 0 Å². The summed E-state index contributed by atoms with van der Waals surface area (Å²) in [5.41, 5.74) is 0. The van der Waals surface area contributed by atoms with Gasteiger partial charge < -0.3 is 14.9 Å². The number of unbranched alkanes of at least 4 members (excludes halogenated alkanes) is 14. The molecule has 0 amide bonds. The molecule has 0 aliphatic heterocycles. The highest BCUT2D eigenvalue weighted by Crippen LogP contribution is 2.14. The van der Waals surface area contributed by atoms with Crippen LogP contribution >= 0.6 is 0 Å². The number of carbonyl (C=O) groups is 1. The molecule has 0 spiro atoms. The number of rotatable bonds is 21. The van der Waals surface area contributed by atoms with Crippen LogP contribution in [0, 0.1) is 0 Å². The largest absolute Gasteiger partial charge is 0.481 e. The lowest BCUT2D eigenvalue weighted by Gasteiger charge is -2.10. The number of carboxylic acids is 1. The fourth-order valence-corrected chi connectivity index (χ4v) is 3.21. The first-order chi connectivity index (χ1) is 12.7. The molecule has 4 heteroatoms. The molecule has 0 aromatic carbocycles. The summed E-state index contributed by atoms with van der Waals surface area (Å²) in [6, 6.07) is 0. The van der Waals surface area contributed by atoms with E-state index in [9.17, 15) is 9.90 Å². The van der Waals surface area contributed by atoms with Gasteiger partial charge in [0.05, 0.1) is 25.7 Å². The molecule has 0 aliphatic rings. The molecule has 0 aromatic heterocycles. The normalized spacial score (nSPS) is 12.4. The summed E-state index contributed by atoms with van der Waals surface area (Å²) >= 11 is 0. The second-order valence-electron chi connectivity index (χ2n) is 7.61. The Balaban J connectivity index is 3.11. The summed E-state index contributed by atoms with van der Waals surface area (Å²) < 4.78 is 5.15. The number of carboxylic acid groups (broad SMARTS) is 1. The van der Waals surface area contributed by atoms with Crippen LogP contribution in [0.15, 0.2) is 0 Å². The van der Waals surface area contributed by atoms with Crippen molar-refractivity contribution in [1.29, 1.82) is 0 Å². The number of ether oxygens (including phenoxy) is 1. The van der Waals surface area contributed by atoms with Gasteiger partial charge in [-0.3, -0.25) is 4.79 Å². The molecular weight excluding hydrogens is 328 g/mol. The predicted octanol–water partition coefficient (Wildman–Crippen LogP) is 6.10. The first-order valence-corrected chi connectivity index (χ1v) is 11.1. The molecule has 26 heavy (non-hydrogen) atoms. The second-order valence-corrected chi connectivity index (χ2v) is 7.61. The van der Waals surface area contributed by atoms with E-state index in [1.54, 1.807) is 0 Å². The van der Waals surface area contributed by atoms with Gasteiger partial charge in [0.15, 0.2) is 0 Å². The molecule has 0 saturated heterocycles. The third-order valence-corrected chi connectivity index (χ3v) is 4.91. The van der Waals surface area contributed by atoms with Gasteiger partial charge in [0.1, 0.15) is 0 Å². The molecule has 4 nitrogen and oxygen atoms in total. The van der Waals surface area contributed by atoms with Gasteiger partial charge in [0.2, 0.25) is 0 Å². The van der Waals surface area contributed by atoms with E-state index in [1.165, 1.54) is 89.9 Å². The summed E-state index contributed by atoms with van der Waals surface area (Å²) in [6.07, 6.45) is 20.4. The van der Waals surface area contributed by atoms with Gasteiger partial charge in [-0.1, -0.05) is 103 Å².